The maximum Gasteiger partial charge on any atom is 0.434 e. The minimum absolute atomic E-state index is 0.289. The van der Waals surface area contributed by atoms with E-state index in [9.17, 15) is 4.79 Å². The van der Waals surface area contributed by atoms with Crippen LogP contribution in [0.1, 0.15) is 20.3 Å². The van der Waals surface area contributed by atoms with Gasteiger partial charge in [-0.3, -0.25) is 0 Å². The van der Waals surface area contributed by atoms with Crippen molar-refractivity contribution in [2.45, 2.75) is 26.3 Å². The van der Waals surface area contributed by atoms with E-state index in [1.54, 1.807) is 12.1 Å². The van der Waals surface area contributed by atoms with Crippen molar-refractivity contribution < 1.29 is 9.53 Å². The number of nitrogens with zero attached hydrogens (tertiary/aromatic N) is 2. The van der Waals surface area contributed by atoms with Gasteiger partial charge >= 0.3 is 6.09 Å². The molecule has 0 saturated carbocycles. The number of carbonyl (C=O) groups excluding carboxylic acids is 1. The Hall–Kier alpha value is -3.08. The number of hydrogen-bond acceptors (Lipinski definition) is 3. The summed E-state index contributed by atoms with van der Waals surface area (Å²) in [6, 6.07) is 14.3. The lowest BCUT2D eigenvalue weighted by molar-refractivity contribution is 0.158. The highest BCUT2D eigenvalue weighted by molar-refractivity contribution is 6.11. The van der Waals surface area contributed by atoms with Gasteiger partial charge < -0.3 is 14.6 Å². The Bertz CT molecular complexity index is 1050. The predicted molar refractivity (Wildman–Crippen MR) is 111 cm³/mol. The summed E-state index contributed by atoms with van der Waals surface area (Å²) in [6.07, 6.45) is 1.73. The molecule has 0 saturated heterocycles. The van der Waals surface area contributed by atoms with Gasteiger partial charge in [0.05, 0.1) is 23.2 Å². The van der Waals surface area contributed by atoms with Crippen molar-refractivity contribution in [3.63, 3.8) is 0 Å². The summed E-state index contributed by atoms with van der Waals surface area (Å²) < 4.78 is 5.07. The van der Waals surface area contributed by atoms with Crippen molar-refractivity contribution in [1.82, 2.24) is 4.98 Å². The molecule has 0 spiro atoms. The van der Waals surface area contributed by atoms with Crippen molar-refractivity contribution in [3.05, 3.63) is 60.5 Å². The van der Waals surface area contributed by atoms with E-state index < -0.39 is 6.09 Å². The van der Waals surface area contributed by atoms with Gasteiger partial charge in [0.1, 0.15) is 0 Å². The van der Waals surface area contributed by atoms with Gasteiger partial charge in [-0.15, -0.1) is 6.58 Å². The number of fused-ring (bicyclic) bond motifs is 3. The molecule has 0 fully saturated rings. The van der Waals surface area contributed by atoms with Crippen LogP contribution < -0.4 is 10.3 Å². The number of anilines is 1. The van der Waals surface area contributed by atoms with Gasteiger partial charge in [-0.1, -0.05) is 30.3 Å². The standard InChI is InChI=1S/C22H25N3O2/c1-5-6-13-27-22(26)23-16-9-7-10-17-18-11-8-12-20(25(4)15(2)3)21(18)24-19(17)14-16/h5,7-12,14-15,24H,1,6,13H2,2-4H3. The molecule has 1 N–H and O–H groups in total. The smallest absolute Gasteiger partial charge is 0.434 e. The minimum atomic E-state index is -0.590. The lowest BCUT2D eigenvalue weighted by Crippen LogP contribution is -2.25. The Balaban J connectivity index is 2.09. The fraction of sp³-hybridized carbons (Fsp3) is 0.273. The molecule has 0 aliphatic carbocycles. The summed E-state index contributed by atoms with van der Waals surface area (Å²) in [4.78, 5) is 21.7. The Morgan fingerprint density at radius 2 is 2.00 bits per heavy atom. The molecule has 27 heavy (non-hydrogen) atoms. The van der Waals surface area contributed by atoms with Gasteiger partial charge in [0.2, 0.25) is 0 Å². The number of amides is 1. The molecule has 140 valence electrons. The number of carbonyl (C=O) groups is 1. The second kappa shape index (κ2) is 8.08. The van der Waals surface area contributed by atoms with Crippen LogP contribution in [-0.2, 0) is 4.74 Å². The molecular weight excluding hydrogens is 338 g/mol. The maximum atomic E-state index is 11.9. The van der Waals surface area contributed by atoms with E-state index >= 15 is 0 Å². The average molecular weight is 363 g/mol. The zero-order valence-corrected chi connectivity index (χ0v) is 16.0. The second-order valence-electron chi connectivity index (χ2n) is 6.76. The molecule has 0 aliphatic rings. The number of aromatic amines is 1. The fourth-order valence-electron chi connectivity index (χ4n) is 2.98. The van der Waals surface area contributed by atoms with Gasteiger partial charge in [-0.2, -0.15) is 4.99 Å². The van der Waals surface area contributed by atoms with Gasteiger partial charge in [0.15, 0.2) is 0 Å². The van der Waals surface area contributed by atoms with Crippen molar-refractivity contribution in [2.24, 2.45) is 4.99 Å². The van der Waals surface area contributed by atoms with Crippen LogP contribution in [0.15, 0.2) is 60.1 Å². The van der Waals surface area contributed by atoms with E-state index in [4.69, 9.17) is 4.74 Å². The van der Waals surface area contributed by atoms with Crippen molar-refractivity contribution >= 4 is 33.6 Å². The van der Waals surface area contributed by atoms with E-state index in [1.165, 1.54) is 0 Å². The summed E-state index contributed by atoms with van der Waals surface area (Å²) in [7, 11) is 2.09. The fourth-order valence-corrected chi connectivity index (χ4v) is 2.98. The monoisotopic (exact) mass is 363 g/mol. The molecule has 1 amide bonds. The van der Waals surface area contributed by atoms with Gasteiger partial charge in [0, 0.05) is 29.4 Å². The molecule has 3 rings (SSSR count). The Morgan fingerprint density at radius 3 is 2.74 bits per heavy atom. The lowest BCUT2D eigenvalue weighted by atomic mass is 10.1. The summed E-state index contributed by atoms with van der Waals surface area (Å²) >= 11 is 0. The SMILES string of the molecule is C=CCCOC(=O)N=c1cccc2c(c1)[nH]c1c(N(C)C(C)C)cccc12. The Morgan fingerprint density at radius 1 is 1.26 bits per heavy atom. The number of para-hydroxylation sites is 1. The topological polar surface area (TPSA) is 57.7 Å². The number of hydrogen-bond donors (Lipinski definition) is 1. The zero-order valence-electron chi connectivity index (χ0n) is 16.0. The van der Waals surface area contributed by atoms with Crippen molar-refractivity contribution in [3.8, 4) is 0 Å². The minimum Gasteiger partial charge on any atom is -0.448 e. The van der Waals surface area contributed by atoms with Crippen LogP contribution in [0.5, 0.6) is 0 Å². The first-order valence-corrected chi connectivity index (χ1v) is 9.11. The van der Waals surface area contributed by atoms with Crippen LogP contribution in [0.2, 0.25) is 0 Å². The predicted octanol–water partition coefficient (Wildman–Crippen LogP) is 4.78. The van der Waals surface area contributed by atoms with E-state index in [0.717, 1.165) is 27.5 Å². The lowest BCUT2D eigenvalue weighted by Gasteiger charge is -2.24. The van der Waals surface area contributed by atoms with E-state index in [2.05, 4.69) is 60.5 Å². The number of rotatable bonds is 5. The zero-order chi connectivity index (χ0) is 19.4. The molecule has 1 heterocycles. The third-order valence-electron chi connectivity index (χ3n) is 4.63. The van der Waals surface area contributed by atoms with Gasteiger partial charge in [-0.25, -0.2) is 4.79 Å². The molecule has 2 aromatic carbocycles. The van der Waals surface area contributed by atoms with Crippen LogP contribution >= 0.6 is 0 Å². The molecule has 0 aliphatic heterocycles. The normalized spacial score (nSPS) is 11.9. The Labute approximate surface area is 159 Å². The molecule has 3 aromatic rings. The van der Waals surface area contributed by atoms with Crippen LogP contribution in [0.4, 0.5) is 10.5 Å². The number of nitrogens with one attached hydrogen (secondary N) is 1. The summed E-state index contributed by atoms with van der Waals surface area (Å²) in [5.74, 6) is 0. The second-order valence-corrected chi connectivity index (χ2v) is 6.76. The van der Waals surface area contributed by atoms with E-state index in [0.29, 0.717) is 17.8 Å². The van der Waals surface area contributed by atoms with E-state index in [1.807, 2.05) is 18.2 Å². The molecule has 0 bridgehead atoms. The van der Waals surface area contributed by atoms with Gasteiger partial charge in [0.25, 0.3) is 0 Å². The molecule has 5 nitrogen and oxygen atoms in total. The van der Waals surface area contributed by atoms with E-state index in [-0.39, 0.29) is 6.61 Å². The maximum absolute atomic E-state index is 11.9. The highest BCUT2D eigenvalue weighted by Gasteiger charge is 2.12. The molecule has 0 unspecified atom stereocenters. The third-order valence-corrected chi connectivity index (χ3v) is 4.63. The molecule has 1 aromatic heterocycles. The summed E-state index contributed by atoms with van der Waals surface area (Å²) in [5, 5.41) is 2.79. The molecular formula is C22H25N3O2. The summed E-state index contributed by atoms with van der Waals surface area (Å²) in [5.41, 5.74) is 3.15. The number of benzene rings is 1. The van der Waals surface area contributed by atoms with Crippen LogP contribution in [-0.4, -0.2) is 30.8 Å². The molecule has 5 heteroatoms. The third kappa shape index (κ3) is 4.03. The highest BCUT2D eigenvalue weighted by atomic mass is 16.5. The highest BCUT2D eigenvalue weighted by Crippen LogP contribution is 2.31. The Kier molecular flexibility index (Phi) is 5.60. The van der Waals surface area contributed by atoms with Crippen LogP contribution in [0.25, 0.3) is 21.8 Å². The van der Waals surface area contributed by atoms with Crippen LogP contribution in [0, 0.1) is 0 Å². The quantitative estimate of drug-likeness (QED) is 0.524. The first kappa shape index (κ1) is 18.7. The van der Waals surface area contributed by atoms with Crippen LogP contribution in [0.3, 0.4) is 0 Å². The number of aromatic nitrogens is 1. The molecule has 0 atom stereocenters. The first-order chi connectivity index (χ1) is 13.0. The first-order valence-electron chi connectivity index (χ1n) is 9.11. The van der Waals surface area contributed by atoms with Crippen molar-refractivity contribution in [2.75, 3.05) is 18.6 Å². The summed E-state index contributed by atoms with van der Waals surface area (Å²) in [6.45, 7) is 8.22. The largest absolute Gasteiger partial charge is 0.448 e. The number of H-pyrrole nitrogens is 1. The molecule has 0 radical (unpaired) electrons. The average Bonchev–Trinajstić information content (AvgIpc) is 2.86. The number of ether oxygens (including phenoxy) is 1. The van der Waals surface area contributed by atoms with Gasteiger partial charge in [-0.05, 0) is 38.5 Å². The van der Waals surface area contributed by atoms with Crippen molar-refractivity contribution in [1.29, 1.82) is 0 Å².